The van der Waals surface area contributed by atoms with E-state index in [1.807, 2.05) is 36.4 Å². The predicted octanol–water partition coefficient (Wildman–Crippen LogP) is 4.21. The van der Waals surface area contributed by atoms with E-state index in [2.05, 4.69) is 17.0 Å². The Morgan fingerprint density at radius 1 is 1.12 bits per heavy atom. The first-order chi connectivity index (χ1) is 12.0. The van der Waals surface area contributed by atoms with E-state index < -0.39 is 0 Å². The molecular formula is C20H20N2O2S. The van der Waals surface area contributed by atoms with Crippen LogP contribution in [0, 0.1) is 0 Å². The van der Waals surface area contributed by atoms with Gasteiger partial charge in [0.05, 0.1) is 10.7 Å². The smallest absolute Gasteiger partial charge is 0.223 e. The number of hydrogen-bond acceptors (Lipinski definition) is 4. The molecule has 0 N–H and O–H groups in total. The molecule has 4 nitrogen and oxygen atoms in total. The number of rotatable bonds is 4. The van der Waals surface area contributed by atoms with Crippen LogP contribution in [0.1, 0.15) is 19.4 Å². The first-order valence-electron chi connectivity index (χ1n) is 8.05. The van der Waals surface area contributed by atoms with Crippen molar-refractivity contribution in [2.45, 2.75) is 25.3 Å². The number of carbonyl (C=O) groups is 2. The Balaban J connectivity index is 2.02. The molecular weight excluding hydrogens is 332 g/mol. The fourth-order valence-corrected chi connectivity index (χ4v) is 3.82. The minimum Gasteiger partial charge on any atom is -0.330 e. The average Bonchev–Trinajstić information content (AvgIpc) is 2.91. The Hall–Kier alpha value is -2.53. The van der Waals surface area contributed by atoms with Gasteiger partial charge in [0.25, 0.3) is 0 Å². The number of benzene rings is 2. The van der Waals surface area contributed by atoms with Gasteiger partial charge in [-0.1, -0.05) is 42.1 Å². The molecule has 0 unspecified atom stereocenters. The van der Waals surface area contributed by atoms with Gasteiger partial charge in [-0.25, -0.2) is 0 Å². The molecule has 0 aromatic heterocycles. The summed E-state index contributed by atoms with van der Waals surface area (Å²) in [7, 11) is 1.76. The SMILES string of the molecule is CC(=O)C=C1Sc2ccc(N(C)C(C)=O)cc2N1Cc1ccccc1. The summed E-state index contributed by atoms with van der Waals surface area (Å²) in [4.78, 5) is 28.2. The summed E-state index contributed by atoms with van der Waals surface area (Å²) in [5.41, 5.74) is 3.02. The highest BCUT2D eigenvalue weighted by Gasteiger charge is 2.26. The summed E-state index contributed by atoms with van der Waals surface area (Å²) in [5, 5.41) is 0.911. The van der Waals surface area contributed by atoms with Crippen LogP contribution in [-0.4, -0.2) is 18.7 Å². The van der Waals surface area contributed by atoms with Crippen molar-refractivity contribution >= 4 is 34.8 Å². The molecule has 2 aromatic rings. The van der Waals surface area contributed by atoms with Gasteiger partial charge in [0.1, 0.15) is 0 Å². The fraction of sp³-hybridized carbons (Fsp3) is 0.200. The third kappa shape index (κ3) is 3.77. The van der Waals surface area contributed by atoms with Gasteiger partial charge in [0.2, 0.25) is 5.91 Å². The van der Waals surface area contributed by atoms with E-state index in [-0.39, 0.29) is 11.7 Å². The molecule has 0 saturated carbocycles. The number of allylic oxidation sites excluding steroid dienone is 1. The Morgan fingerprint density at radius 3 is 2.48 bits per heavy atom. The van der Waals surface area contributed by atoms with E-state index >= 15 is 0 Å². The normalized spacial score (nSPS) is 14.5. The maximum atomic E-state index is 11.7. The first-order valence-corrected chi connectivity index (χ1v) is 8.87. The molecule has 0 bridgehead atoms. The zero-order valence-electron chi connectivity index (χ0n) is 14.5. The van der Waals surface area contributed by atoms with E-state index in [0.717, 1.165) is 26.9 Å². The van der Waals surface area contributed by atoms with Crippen LogP contribution in [0.4, 0.5) is 11.4 Å². The first kappa shape index (κ1) is 17.3. The standard InChI is InChI=1S/C20H20N2O2S/c1-14(23)11-20-22(13-16-7-5-4-6-8-16)18-12-17(21(3)15(2)24)9-10-19(18)25-20/h4-12H,13H2,1-3H3. The van der Waals surface area contributed by atoms with Gasteiger partial charge in [-0.3, -0.25) is 9.59 Å². The number of amides is 1. The lowest BCUT2D eigenvalue weighted by Gasteiger charge is -2.22. The maximum absolute atomic E-state index is 11.7. The van der Waals surface area contributed by atoms with Crippen molar-refractivity contribution < 1.29 is 9.59 Å². The van der Waals surface area contributed by atoms with Gasteiger partial charge in [-0.2, -0.15) is 0 Å². The van der Waals surface area contributed by atoms with Gasteiger partial charge >= 0.3 is 0 Å². The minimum absolute atomic E-state index is 0.0142. The summed E-state index contributed by atoms with van der Waals surface area (Å²) in [6.45, 7) is 3.78. The Labute approximate surface area is 152 Å². The molecule has 25 heavy (non-hydrogen) atoms. The van der Waals surface area contributed by atoms with Crippen LogP contribution in [0.5, 0.6) is 0 Å². The van der Waals surface area contributed by atoms with E-state index in [0.29, 0.717) is 6.54 Å². The van der Waals surface area contributed by atoms with Crippen molar-refractivity contribution in [1.82, 2.24) is 0 Å². The largest absolute Gasteiger partial charge is 0.330 e. The van der Waals surface area contributed by atoms with E-state index in [9.17, 15) is 9.59 Å². The fourth-order valence-electron chi connectivity index (χ4n) is 2.69. The summed E-state index contributed by atoms with van der Waals surface area (Å²) in [6.07, 6.45) is 1.67. The summed E-state index contributed by atoms with van der Waals surface area (Å²) in [6, 6.07) is 16.1. The predicted molar refractivity (Wildman–Crippen MR) is 103 cm³/mol. The maximum Gasteiger partial charge on any atom is 0.223 e. The van der Waals surface area contributed by atoms with E-state index in [1.165, 1.54) is 0 Å². The lowest BCUT2D eigenvalue weighted by molar-refractivity contribution is -0.116. The van der Waals surface area contributed by atoms with Crippen LogP contribution in [0.3, 0.4) is 0 Å². The zero-order valence-corrected chi connectivity index (χ0v) is 15.3. The van der Waals surface area contributed by atoms with Crippen LogP contribution in [0.25, 0.3) is 0 Å². The van der Waals surface area contributed by atoms with Crippen molar-refractivity contribution in [3.63, 3.8) is 0 Å². The second kappa shape index (κ2) is 7.15. The average molecular weight is 352 g/mol. The quantitative estimate of drug-likeness (QED) is 0.773. The number of nitrogens with zero attached hydrogens (tertiary/aromatic N) is 2. The number of anilines is 2. The van der Waals surface area contributed by atoms with Crippen molar-refractivity contribution in [2.24, 2.45) is 0 Å². The molecule has 1 heterocycles. The van der Waals surface area contributed by atoms with Gasteiger partial charge in [0, 0.05) is 37.2 Å². The molecule has 0 radical (unpaired) electrons. The molecule has 0 spiro atoms. The monoisotopic (exact) mass is 352 g/mol. The molecule has 0 saturated heterocycles. The van der Waals surface area contributed by atoms with E-state index in [4.69, 9.17) is 0 Å². The molecule has 3 rings (SSSR count). The van der Waals surface area contributed by atoms with Gasteiger partial charge in [0.15, 0.2) is 5.78 Å². The minimum atomic E-state index is -0.0142. The summed E-state index contributed by atoms with van der Waals surface area (Å²) in [5.74, 6) is 0.00848. The van der Waals surface area contributed by atoms with Crippen molar-refractivity contribution in [3.05, 3.63) is 65.2 Å². The van der Waals surface area contributed by atoms with Crippen LogP contribution in [0.2, 0.25) is 0 Å². The Kier molecular flexibility index (Phi) is 4.95. The third-order valence-electron chi connectivity index (χ3n) is 4.08. The van der Waals surface area contributed by atoms with Crippen LogP contribution >= 0.6 is 11.8 Å². The highest BCUT2D eigenvalue weighted by Crippen LogP contribution is 2.48. The van der Waals surface area contributed by atoms with Crippen LogP contribution in [0.15, 0.2) is 64.5 Å². The number of hydrogen-bond donors (Lipinski definition) is 0. The summed E-state index contributed by atoms with van der Waals surface area (Å²) < 4.78 is 0. The van der Waals surface area contributed by atoms with Gasteiger partial charge in [-0.05, 0) is 30.7 Å². The molecule has 1 aliphatic heterocycles. The molecule has 0 fully saturated rings. The topological polar surface area (TPSA) is 40.6 Å². The molecule has 0 aliphatic carbocycles. The zero-order chi connectivity index (χ0) is 18.0. The molecule has 2 aromatic carbocycles. The van der Waals surface area contributed by atoms with Crippen molar-refractivity contribution in [3.8, 4) is 0 Å². The lowest BCUT2D eigenvalue weighted by atomic mass is 10.2. The van der Waals surface area contributed by atoms with E-state index in [1.54, 1.807) is 43.6 Å². The van der Waals surface area contributed by atoms with Crippen molar-refractivity contribution in [2.75, 3.05) is 16.8 Å². The highest BCUT2D eigenvalue weighted by molar-refractivity contribution is 8.03. The molecule has 0 atom stereocenters. The van der Waals surface area contributed by atoms with Gasteiger partial charge < -0.3 is 9.80 Å². The number of ketones is 1. The van der Waals surface area contributed by atoms with Crippen LogP contribution < -0.4 is 9.80 Å². The van der Waals surface area contributed by atoms with Crippen LogP contribution in [-0.2, 0) is 16.1 Å². The van der Waals surface area contributed by atoms with Gasteiger partial charge in [-0.15, -0.1) is 0 Å². The lowest BCUT2D eigenvalue weighted by Crippen LogP contribution is -2.23. The molecule has 1 aliphatic rings. The second-order valence-electron chi connectivity index (χ2n) is 6.00. The Bertz CT molecular complexity index is 846. The highest BCUT2D eigenvalue weighted by atomic mass is 32.2. The molecule has 5 heteroatoms. The summed E-state index contributed by atoms with van der Waals surface area (Å²) >= 11 is 1.58. The van der Waals surface area contributed by atoms with Crippen molar-refractivity contribution in [1.29, 1.82) is 0 Å². The number of thioether (sulfide) groups is 1. The second-order valence-corrected chi connectivity index (χ2v) is 7.06. The molecule has 1 amide bonds. The molecule has 128 valence electrons. The number of carbonyl (C=O) groups excluding carboxylic acids is 2. The Morgan fingerprint density at radius 2 is 1.84 bits per heavy atom. The number of fused-ring (bicyclic) bond motifs is 1. The third-order valence-corrected chi connectivity index (χ3v) is 5.20.